The van der Waals surface area contributed by atoms with Crippen LogP contribution in [0, 0.1) is 6.92 Å². The molecule has 0 saturated carbocycles. The number of hydrogen-bond acceptors (Lipinski definition) is 5. The highest BCUT2D eigenvalue weighted by Crippen LogP contribution is 2.31. The van der Waals surface area contributed by atoms with Crippen LogP contribution >= 0.6 is 15.9 Å². The number of benzene rings is 1. The van der Waals surface area contributed by atoms with Crippen LogP contribution in [0.2, 0.25) is 0 Å². The van der Waals surface area contributed by atoms with Gasteiger partial charge in [0.15, 0.2) is 5.82 Å². The van der Waals surface area contributed by atoms with Crippen LogP contribution in [0.4, 0.5) is 5.82 Å². The number of hydrogen-bond donors (Lipinski definition) is 1. The van der Waals surface area contributed by atoms with Crippen molar-refractivity contribution in [2.45, 2.75) is 13.5 Å². The van der Waals surface area contributed by atoms with Crippen LogP contribution in [0.25, 0.3) is 11.4 Å². The van der Waals surface area contributed by atoms with Gasteiger partial charge >= 0.3 is 0 Å². The zero-order valence-electron chi connectivity index (χ0n) is 11.6. The van der Waals surface area contributed by atoms with Crippen molar-refractivity contribution < 1.29 is 9.47 Å². The van der Waals surface area contributed by atoms with Crippen molar-refractivity contribution in [2.75, 3.05) is 20.0 Å². The van der Waals surface area contributed by atoms with Gasteiger partial charge in [-0.15, -0.1) is 0 Å². The second-order valence-electron chi connectivity index (χ2n) is 4.33. The van der Waals surface area contributed by atoms with Crippen molar-refractivity contribution in [2.24, 2.45) is 0 Å². The van der Waals surface area contributed by atoms with E-state index >= 15 is 0 Å². The zero-order chi connectivity index (χ0) is 14.7. The minimum absolute atomic E-state index is 0.356. The highest BCUT2D eigenvalue weighted by molar-refractivity contribution is 9.10. The van der Waals surface area contributed by atoms with Gasteiger partial charge in [-0.05, 0) is 40.5 Å². The molecule has 0 aliphatic heterocycles. The maximum atomic E-state index is 5.92. The van der Waals surface area contributed by atoms with E-state index in [4.69, 9.17) is 15.2 Å². The van der Waals surface area contributed by atoms with Crippen LogP contribution in [0.15, 0.2) is 22.7 Å². The molecule has 0 atom stereocenters. The monoisotopic (exact) mass is 337 g/mol. The number of anilines is 1. The fraction of sp³-hybridized carbons (Fsp3) is 0.286. The molecule has 0 amide bonds. The van der Waals surface area contributed by atoms with E-state index in [9.17, 15) is 0 Å². The molecular formula is C14H16BrN3O2. The van der Waals surface area contributed by atoms with Gasteiger partial charge < -0.3 is 15.2 Å². The molecule has 0 bridgehead atoms. The lowest BCUT2D eigenvalue weighted by Gasteiger charge is -2.11. The Morgan fingerprint density at radius 2 is 2.00 bits per heavy atom. The number of aromatic nitrogens is 2. The molecule has 1 aromatic carbocycles. The first-order valence-corrected chi connectivity index (χ1v) is 6.82. The van der Waals surface area contributed by atoms with Crippen LogP contribution in [0.3, 0.4) is 0 Å². The molecule has 0 unspecified atom stereocenters. The Labute approximate surface area is 126 Å². The maximum Gasteiger partial charge on any atom is 0.165 e. The summed E-state index contributed by atoms with van der Waals surface area (Å²) in [4.78, 5) is 8.80. The van der Waals surface area contributed by atoms with Crippen LogP contribution in [-0.4, -0.2) is 24.2 Å². The highest BCUT2D eigenvalue weighted by atomic mass is 79.9. The first kappa shape index (κ1) is 14.7. The Hall–Kier alpha value is -1.66. The molecule has 0 spiro atoms. The van der Waals surface area contributed by atoms with Gasteiger partial charge in [-0.3, -0.25) is 0 Å². The minimum Gasteiger partial charge on any atom is -0.496 e. The van der Waals surface area contributed by atoms with Crippen molar-refractivity contribution in [3.8, 4) is 17.1 Å². The third-order valence-electron chi connectivity index (χ3n) is 2.82. The molecule has 2 N–H and O–H groups in total. The van der Waals surface area contributed by atoms with Gasteiger partial charge in [0, 0.05) is 7.11 Å². The summed E-state index contributed by atoms with van der Waals surface area (Å²) in [6.45, 7) is 2.36. The number of halogens is 1. The average molecular weight is 338 g/mol. The van der Waals surface area contributed by atoms with Crippen molar-refractivity contribution in [3.63, 3.8) is 0 Å². The van der Waals surface area contributed by atoms with Crippen LogP contribution in [0.5, 0.6) is 5.75 Å². The molecule has 2 aromatic rings. The number of nitrogen functional groups attached to an aromatic ring is 1. The molecule has 0 aliphatic rings. The Morgan fingerprint density at radius 1 is 1.25 bits per heavy atom. The molecule has 0 saturated heterocycles. The number of nitrogens with zero attached hydrogens (tertiary/aromatic N) is 2. The fourth-order valence-electron chi connectivity index (χ4n) is 1.85. The van der Waals surface area contributed by atoms with Gasteiger partial charge in [0.2, 0.25) is 0 Å². The van der Waals surface area contributed by atoms with E-state index in [0.29, 0.717) is 28.4 Å². The van der Waals surface area contributed by atoms with Gasteiger partial charge in [0.25, 0.3) is 0 Å². The Bertz CT molecular complexity index is 632. The molecule has 5 nitrogen and oxygen atoms in total. The fourth-order valence-corrected chi connectivity index (χ4v) is 2.14. The number of aryl methyl sites for hydroxylation is 1. The quantitative estimate of drug-likeness (QED) is 0.928. The molecule has 20 heavy (non-hydrogen) atoms. The van der Waals surface area contributed by atoms with Gasteiger partial charge in [-0.1, -0.05) is 6.07 Å². The van der Waals surface area contributed by atoms with Crippen molar-refractivity contribution in [3.05, 3.63) is 33.9 Å². The predicted molar refractivity (Wildman–Crippen MR) is 81.6 cm³/mol. The van der Waals surface area contributed by atoms with Crippen molar-refractivity contribution in [1.29, 1.82) is 0 Å². The summed E-state index contributed by atoms with van der Waals surface area (Å²) in [6.07, 6.45) is 0. The predicted octanol–water partition coefficient (Wildman–Crippen LogP) is 2.95. The third-order valence-corrected chi connectivity index (χ3v) is 3.69. The molecule has 0 aliphatic carbocycles. The van der Waals surface area contributed by atoms with Crippen LogP contribution < -0.4 is 10.5 Å². The van der Waals surface area contributed by atoms with Gasteiger partial charge in [-0.25, -0.2) is 9.97 Å². The third kappa shape index (κ3) is 2.91. The molecule has 6 heteroatoms. The van der Waals surface area contributed by atoms with Gasteiger partial charge in [0.05, 0.1) is 29.4 Å². The van der Waals surface area contributed by atoms with Gasteiger partial charge in [0.1, 0.15) is 11.6 Å². The van der Waals surface area contributed by atoms with E-state index in [-0.39, 0.29) is 0 Å². The molecule has 106 valence electrons. The Balaban J connectivity index is 2.58. The molecule has 1 heterocycles. The van der Waals surface area contributed by atoms with Crippen molar-refractivity contribution >= 4 is 21.7 Å². The second kappa shape index (κ2) is 6.19. The summed E-state index contributed by atoms with van der Waals surface area (Å²) in [6, 6.07) is 5.84. The van der Waals surface area contributed by atoms with E-state index in [1.807, 2.05) is 25.1 Å². The number of ether oxygens (including phenoxy) is 2. The Morgan fingerprint density at radius 3 is 2.65 bits per heavy atom. The lowest BCUT2D eigenvalue weighted by Crippen LogP contribution is -2.04. The Kier molecular flexibility index (Phi) is 4.57. The molecule has 1 aromatic heterocycles. The molecular weight excluding hydrogens is 322 g/mol. The first-order chi connectivity index (χ1) is 9.56. The van der Waals surface area contributed by atoms with Gasteiger partial charge in [-0.2, -0.15) is 0 Å². The van der Waals surface area contributed by atoms with Crippen molar-refractivity contribution in [1.82, 2.24) is 9.97 Å². The SMILES string of the molecule is COCc1nc(-c2ccc(C)cc2OC)nc(N)c1Br. The summed E-state index contributed by atoms with van der Waals surface area (Å²) >= 11 is 3.37. The van der Waals surface area contributed by atoms with E-state index in [2.05, 4.69) is 25.9 Å². The number of methoxy groups -OCH3 is 2. The van der Waals surface area contributed by atoms with Crippen LogP contribution in [-0.2, 0) is 11.3 Å². The molecule has 0 fully saturated rings. The zero-order valence-corrected chi connectivity index (χ0v) is 13.2. The summed E-state index contributed by atoms with van der Waals surface area (Å²) < 4.78 is 11.2. The maximum absolute atomic E-state index is 5.92. The summed E-state index contributed by atoms with van der Waals surface area (Å²) in [5.41, 5.74) is 8.53. The lowest BCUT2D eigenvalue weighted by atomic mass is 10.1. The number of nitrogens with two attached hydrogens (primary N) is 1. The molecule has 2 rings (SSSR count). The highest BCUT2D eigenvalue weighted by Gasteiger charge is 2.14. The molecule has 0 radical (unpaired) electrons. The normalized spacial score (nSPS) is 10.6. The minimum atomic E-state index is 0.356. The average Bonchev–Trinajstić information content (AvgIpc) is 2.43. The smallest absolute Gasteiger partial charge is 0.165 e. The summed E-state index contributed by atoms with van der Waals surface area (Å²) in [7, 11) is 3.23. The second-order valence-corrected chi connectivity index (χ2v) is 5.12. The van der Waals surface area contributed by atoms with Crippen LogP contribution in [0.1, 0.15) is 11.3 Å². The summed E-state index contributed by atoms with van der Waals surface area (Å²) in [5.74, 6) is 1.62. The van der Waals surface area contributed by atoms with E-state index in [0.717, 1.165) is 16.9 Å². The topological polar surface area (TPSA) is 70.3 Å². The standard InChI is InChI=1S/C14H16BrN3O2/c1-8-4-5-9(11(6-8)20-3)14-17-10(7-19-2)12(15)13(16)18-14/h4-6H,7H2,1-3H3,(H2,16,17,18). The lowest BCUT2D eigenvalue weighted by molar-refractivity contribution is 0.181. The summed E-state index contributed by atoms with van der Waals surface area (Å²) in [5, 5.41) is 0. The van der Waals surface area contributed by atoms with E-state index < -0.39 is 0 Å². The number of rotatable bonds is 4. The largest absolute Gasteiger partial charge is 0.496 e. The van der Waals surface area contributed by atoms with E-state index in [1.165, 1.54) is 0 Å². The van der Waals surface area contributed by atoms with E-state index in [1.54, 1.807) is 14.2 Å². The first-order valence-electron chi connectivity index (χ1n) is 6.02.